The minimum atomic E-state index is -0.399. The molecule has 1 saturated carbocycles. The van der Waals surface area contributed by atoms with Crippen LogP contribution in [0.25, 0.3) is 0 Å². The predicted octanol–water partition coefficient (Wildman–Crippen LogP) is 2.26. The first-order valence-corrected chi connectivity index (χ1v) is 5.98. The Morgan fingerprint density at radius 2 is 1.80 bits per heavy atom. The zero-order valence-electron chi connectivity index (χ0n) is 9.58. The van der Waals surface area contributed by atoms with Crippen molar-refractivity contribution in [1.29, 1.82) is 0 Å². The summed E-state index contributed by atoms with van der Waals surface area (Å²) in [5.41, 5.74) is -0.393. The Morgan fingerprint density at radius 3 is 2.27 bits per heavy atom. The molecule has 0 spiro atoms. The molecule has 0 aromatic heterocycles. The van der Waals surface area contributed by atoms with E-state index in [2.05, 4.69) is 0 Å². The monoisotopic (exact) mass is 212 g/mol. The van der Waals surface area contributed by atoms with E-state index in [0.29, 0.717) is 12.8 Å². The van der Waals surface area contributed by atoms with Crippen LogP contribution in [0, 0.1) is 0 Å². The number of rotatable bonds is 4. The summed E-state index contributed by atoms with van der Waals surface area (Å²) in [5, 5.41) is 9.46. The molecule has 0 amide bonds. The van der Waals surface area contributed by atoms with Crippen molar-refractivity contribution in [3.05, 3.63) is 0 Å². The van der Waals surface area contributed by atoms with Gasteiger partial charge in [0.15, 0.2) is 0 Å². The van der Waals surface area contributed by atoms with Gasteiger partial charge in [0.25, 0.3) is 13.4 Å². The Labute approximate surface area is 92.3 Å². The van der Waals surface area contributed by atoms with Crippen LogP contribution in [0.15, 0.2) is 0 Å². The van der Waals surface area contributed by atoms with Crippen LogP contribution in [0.3, 0.4) is 0 Å². The maximum atomic E-state index is 10.6. The number of carbonyl (C=O) groups is 1. The molecule has 0 radical (unpaired) electrons. The Balaban J connectivity index is 2.61. The van der Waals surface area contributed by atoms with E-state index in [1.807, 2.05) is 0 Å². The van der Waals surface area contributed by atoms with Gasteiger partial charge in [-0.15, -0.1) is 0 Å². The van der Waals surface area contributed by atoms with Crippen molar-refractivity contribution in [3.8, 4) is 0 Å². The van der Waals surface area contributed by atoms with Crippen molar-refractivity contribution < 1.29 is 14.6 Å². The quantitative estimate of drug-likeness (QED) is 0.574. The lowest BCUT2D eigenvalue weighted by molar-refractivity contribution is -0.143. The largest absolute Gasteiger partial charge is 0.462 e. The van der Waals surface area contributed by atoms with Crippen LogP contribution in [-0.2, 0) is 9.53 Å². The smallest absolute Gasteiger partial charge is 0.293 e. The highest BCUT2D eigenvalue weighted by Gasteiger charge is 2.34. The van der Waals surface area contributed by atoms with Crippen LogP contribution < -0.4 is 0 Å². The minimum Gasteiger partial charge on any atom is -0.462 e. The molecule has 1 rings (SSSR count). The zero-order chi connectivity index (χ0) is 11.1. The fourth-order valence-electron chi connectivity index (χ4n) is 2.56. The van der Waals surface area contributed by atoms with Crippen molar-refractivity contribution in [2.45, 2.75) is 63.7 Å². The van der Waals surface area contributed by atoms with Gasteiger partial charge in [-0.3, -0.25) is 4.79 Å². The van der Waals surface area contributed by atoms with Crippen LogP contribution in [0.4, 0.5) is 0 Å². The van der Waals surface area contributed by atoms with Gasteiger partial charge >= 0.3 is 0 Å². The first-order chi connectivity index (χ1) is 7.18. The van der Waals surface area contributed by atoms with Crippen molar-refractivity contribution in [3.63, 3.8) is 0 Å². The summed E-state index contributed by atoms with van der Waals surface area (Å²) >= 11 is 0. The lowest BCUT2D eigenvalue weighted by Crippen LogP contribution is -2.37. The van der Waals surface area contributed by atoms with Crippen LogP contribution in [0.5, 0.6) is 0 Å². The normalized spacial score (nSPS) is 21.2. The van der Waals surface area contributed by atoms with Gasteiger partial charge in [-0.25, -0.2) is 0 Å². The van der Waals surface area contributed by atoms with E-state index in [-0.39, 0.29) is 0 Å². The summed E-state index contributed by atoms with van der Waals surface area (Å²) in [7, 11) is 0. The third kappa shape index (κ3) is 4.25. The van der Waals surface area contributed by atoms with Crippen LogP contribution >= 0.6 is 0 Å². The first-order valence-electron chi connectivity index (χ1n) is 5.98. The summed E-state index contributed by atoms with van der Waals surface area (Å²) < 4.78 is 5.28. The maximum absolute atomic E-state index is 10.6. The molecule has 0 heterocycles. The van der Waals surface area contributed by atoms with Gasteiger partial charge < -0.3 is 9.76 Å². The molecular formula is C11H21BO3. The van der Waals surface area contributed by atoms with Crippen molar-refractivity contribution >= 4 is 13.4 Å². The van der Waals surface area contributed by atoms with Crippen molar-refractivity contribution in [1.82, 2.24) is 0 Å². The molecule has 0 atom stereocenters. The summed E-state index contributed by atoms with van der Waals surface area (Å²) in [6, 6.07) is 0. The van der Waals surface area contributed by atoms with Crippen molar-refractivity contribution in [2.24, 2.45) is 0 Å². The first kappa shape index (κ1) is 12.6. The van der Waals surface area contributed by atoms with E-state index in [0.717, 1.165) is 25.7 Å². The number of hydrogen-bond donors (Lipinski definition) is 1. The SMILES string of the molecule is CB(O)CC1(OC=O)CCCCCCC1. The molecular weight excluding hydrogens is 191 g/mol. The van der Waals surface area contributed by atoms with E-state index in [4.69, 9.17) is 4.74 Å². The van der Waals surface area contributed by atoms with Gasteiger partial charge in [-0.05, 0) is 32.0 Å². The Hall–Kier alpha value is -0.505. The van der Waals surface area contributed by atoms with E-state index >= 15 is 0 Å². The fraction of sp³-hybridized carbons (Fsp3) is 0.909. The summed E-state index contributed by atoms with van der Waals surface area (Å²) in [5.74, 6) is 0. The number of ether oxygens (including phenoxy) is 1. The molecule has 1 aliphatic carbocycles. The van der Waals surface area contributed by atoms with Crippen molar-refractivity contribution in [2.75, 3.05) is 0 Å². The van der Waals surface area contributed by atoms with Crippen LogP contribution in [-0.4, -0.2) is 24.0 Å². The third-order valence-electron chi connectivity index (χ3n) is 3.23. The summed E-state index contributed by atoms with van der Waals surface area (Å²) in [4.78, 5) is 10.6. The second kappa shape index (κ2) is 6.16. The van der Waals surface area contributed by atoms with Gasteiger partial charge in [-0.2, -0.15) is 0 Å². The molecule has 1 fully saturated rings. The van der Waals surface area contributed by atoms with Gasteiger partial charge in [0.1, 0.15) is 5.60 Å². The lowest BCUT2D eigenvalue weighted by Gasteiger charge is -2.34. The van der Waals surface area contributed by atoms with E-state index in [1.165, 1.54) is 19.3 Å². The molecule has 4 heteroatoms. The minimum absolute atomic E-state index is 0.393. The van der Waals surface area contributed by atoms with Crippen LogP contribution in [0.2, 0.25) is 13.1 Å². The molecule has 1 aliphatic rings. The van der Waals surface area contributed by atoms with Crippen LogP contribution in [0.1, 0.15) is 44.9 Å². The molecule has 0 bridgehead atoms. The number of carbonyl (C=O) groups excluding carboxylic acids is 1. The molecule has 0 aromatic rings. The zero-order valence-corrected chi connectivity index (χ0v) is 9.58. The van der Waals surface area contributed by atoms with Gasteiger partial charge in [0, 0.05) is 0 Å². The lowest BCUT2D eigenvalue weighted by atomic mass is 9.60. The van der Waals surface area contributed by atoms with Gasteiger partial charge in [0.2, 0.25) is 0 Å². The maximum Gasteiger partial charge on any atom is 0.293 e. The summed E-state index contributed by atoms with van der Waals surface area (Å²) in [6.45, 7) is 1.91. The molecule has 1 N–H and O–H groups in total. The van der Waals surface area contributed by atoms with Gasteiger partial charge in [-0.1, -0.05) is 26.1 Å². The Bertz CT molecular complexity index is 186. The Kier molecular flexibility index (Phi) is 5.16. The number of hydrogen-bond acceptors (Lipinski definition) is 3. The second-order valence-electron chi connectivity index (χ2n) is 4.72. The highest BCUT2D eigenvalue weighted by Crippen LogP contribution is 2.33. The third-order valence-corrected chi connectivity index (χ3v) is 3.23. The molecule has 0 aromatic carbocycles. The predicted molar refractivity (Wildman–Crippen MR) is 60.8 cm³/mol. The molecule has 86 valence electrons. The Morgan fingerprint density at radius 1 is 1.27 bits per heavy atom. The van der Waals surface area contributed by atoms with E-state index in [9.17, 15) is 9.82 Å². The fourth-order valence-corrected chi connectivity index (χ4v) is 2.56. The topological polar surface area (TPSA) is 46.5 Å². The van der Waals surface area contributed by atoms with E-state index < -0.39 is 12.5 Å². The summed E-state index contributed by atoms with van der Waals surface area (Å²) in [6.07, 6.45) is 8.28. The standard InChI is InChI=1S/C11H21BO3/c1-12(14)9-11(15-10-13)7-5-3-2-4-6-8-11/h10,14H,2-9H2,1H3. The second-order valence-corrected chi connectivity index (χ2v) is 4.72. The molecule has 0 aliphatic heterocycles. The van der Waals surface area contributed by atoms with E-state index in [1.54, 1.807) is 6.82 Å². The molecule has 0 saturated heterocycles. The molecule has 15 heavy (non-hydrogen) atoms. The average Bonchev–Trinajstić information content (AvgIpc) is 2.11. The highest BCUT2D eigenvalue weighted by molar-refractivity contribution is 6.48. The average molecular weight is 212 g/mol. The van der Waals surface area contributed by atoms with Gasteiger partial charge in [0.05, 0.1) is 0 Å². The molecule has 3 nitrogen and oxygen atoms in total. The highest BCUT2D eigenvalue weighted by atomic mass is 16.5. The molecule has 0 unspecified atom stereocenters.